The molecule has 1 aromatic heterocycles. The Hall–Kier alpha value is -2.59. The van der Waals surface area contributed by atoms with Crippen molar-refractivity contribution in [3.05, 3.63) is 77.3 Å². The lowest BCUT2D eigenvalue weighted by Gasteiger charge is -2.13. The molecule has 158 valence electrons. The number of halogens is 1. The molecule has 0 bridgehead atoms. The van der Waals surface area contributed by atoms with Crippen LogP contribution in [0.15, 0.2) is 76.0 Å². The highest BCUT2D eigenvalue weighted by Gasteiger charge is 2.19. The van der Waals surface area contributed by atoms with E-state index in [1.807, 2.05) is 18.4 Å². The van der Waals surface area contributed by atoms with E-state index < -0.39 is 15.9 Å². The smallest absolute Gasteiger partial charge is 0.261 e. The normalized spacial score (nSPS) is 11.4. The average molecular weight is 490 g/mol. The molecule has 0 radical (unpaired) electrons. The monoisotopic (exact) mass is 489 g/mol. The number of nitrogens with one attached hydrogen (secondary N) is 2. The molecule has 2 N–H and O–H groups in total. The first-order valence-electron chi connectivity index (χ1n) is 8.99. The van der Waals surface area contributed by atoms with Gasteiger partial charge in [0.15, 0.2) is 4.34 Å². The van der Waals surface area contributed by atoms with Gasteiger partial charge in [-0.25, -0.2) is 13.4 Å². The molecule has 0 saturated carbocycles. The molecule has 4 rings (SSSR count). The van der Waals surface area contributed by atoms with Crippen LogP contribution in [0.2, 0.25) is 5.02 Å². The van der Waals surface area contributed by atoms with E-state index in [1.54, 1.807) is 53.4 Å². The van der Waals surface area contributed by atoms with Crippen molar-refractivity contribution in [3.8, 4) is 0 Å². The second-order valence-corrected chi connectivity index (χ2v) is 10.6. The summed E-state index contributed by atoms with van der Waals surface area (Å²) in [6, 6.07) is 17.7. The van der Waals surface area contributed by atoms with Crippen LogP contribution in [0.25, 0.3) is 10.2 Å². The molecule has 1 amide bonds. The van der Waals surface area contributed by atoms with E-state index in [4.69, 9.17) is 11.6 Å². The number of nitrogens with zero attached hydrogens (tertiary/aromatic N) is 1. The Balaban J connectivity index is 1.59. The number of amides is 1. The molecule has 1 heterocycles. The van der Waals surface area contributed by atoms with Gasteiger partial charge in [0.2, 0.25) is 0 Å². The van der Waals surface area contributed by atoms with Crippen LogP contribution in [0.3, 0.4) is 0 Å². The highest BCUT2D eigenvalue weighted by Crippen LogP contribution is 2.30. The number of carbonyl (C=O) groups excluding carboxylic acids is 1. The number of hydrogen-bond acceptors (Lipinski definition) is 6. The van der Waals surface area contributed by atoms with Crippen LogP contribution in [0.5, 0.6) is 0 Å². The van der Waals surface area contributed by atoms with Crippen molar-refractivity contribution in [3.63, 3.8) is 0 Å². The van der Waals surface area contributed by atoms with E-state index in [1.165, 1.54) is 24.3 Å². The number of aromatic nitrogens is 1. The SMILES string of the molecule is CSc1nc2ccc(NC(=O)c3ccccc3NS(=O)(=O)c3ccc(Cl)cc3)cc2s1. The van der Waals surface area contributed by atoms with Crippen molar-refractivity contribution in [2.75, 3.05) is 16.3 Å². The average Bonchev–Trinajstić information content (AvgIpc) is 3.16. The molecule has 0 atom stereocenters. The van der Waals surface area contributed by atoms with Crippen molar-refractivity contribution in [2.24, 2.45) is 0 Å². The summed E-state index contributed by atoms with van der Waals surface area (Å²) in [7, 11) is -3.89. The van der Waals surface area contributed by atoms with Gasteiger partial charge >= 0.3 is 0 Å². The van der Waals surface area contributed by atoms with Gasteiger partial charge in [-0.3, -0.25) is 9.52 Å². The maximum Gasteiger partial charge on any atom is 0.261 e. The minimum Gasteiger partial charge on any atom is -0.322 e. The fourth-order valence-electron chi connectivity index (χ4n) is 2.85. The van der Waals surface area contributed by atoms with E-state index in [2.05, 4.69) is 15.0 Å². The minimum absolute atomic E-state index is 0.0485. The van der Waals surface area contributed by atoms with Crippen LogP contribution in [-0.4, -0.2) is 25.6 Å². The summed E-state index contributed by atoms with van der Waals surface area (Å²) >= 11 is 8.95. The number of anilines is 2. The fourth-order valence-corrected chi connectivity index (χ4v) is 5.59. The van der Waals surface area contributed by atoms with Gasteiger partial charge in [-0.15, -0.1) is 11.3 Å². The molecule has 6 nitrogen and oxygen atoms in total. The number of fused-ring (bicyclic) bond motifs is 1. The van der Waals surface area contributed by atoms with Gasteiger partial charge in [-0.1, -0.05) is 35.5 Å². The van der Waals surface area contributed by atoms with Crippen LogP contribution in [0.1, 0.15) is 10.4 Å². The standard InChI is InChI=1S/C21H16ClN3O3S3/c1-29-21-24-18-11-8-14(12-19(18)30-21)23-20(26)16-4-2-3-5-17(16)25-31(27,28)15-9-6-13(22)7-10-15/h2-12,25H,1H3,(H,23,26). The predicted molar refractivity (Wildman–Crippen MR) is 128 cm³/mol. The third-order valence-corrected chi connectivity index (χ3v) is 7.98. The molecular formula is C21H16ClN3O3S3. The Bertz CT molecular complexity index is 1370. The number of hydrogen-bond donors (Lipinski definition) is 2. The summed E-state index contributed by atoms with van der Waals surface area (Å²) in [5.74, 6) is -0.427. The number of thiazole rings is 1. The summed E-state index contributed by atoms with van der Waals surface area (Å²) < 4.78 is 29.8. The molecule has 0 saturated heterocycles. The van der Waals surface area contributed by atoms with Crippen molar-refractivity contribution < 1.29 is 13.2 Å². The van der Waals surface area contributed by atoms with Crippen LogP contribution >= 0.6 is 34.7 Å². The third kappa shape index (κ3) is 4.85. The van der Waals surface area contributed by atoms with Crippen molar-refractivity contribution in [1.82, 2.24) is 4.98 Å². The largest absolute Gasteiger partial charge is 0.322 e. The predicted octanol–water partition coefficient (Wildman–Crippen LogP) is 5.72. The Morgan fingerprint density at radius 1 is 1.06 bits per heavy atom. The van der Waals surface area contributed by atoms with E-state index in [9.17, 15) is 13.2 Å². The molecule has 0 fully saturated rings. The lowest BCUT2D eigenvalue weighted by molar-refractivity contribution is 0.102. The molecule has 0 aliphatic heterocycles. The highest BCUT2D eigenvalue weighted by molar-refractivity contribution is 8.00. The number of rotatable bonds is 6. The lowest BCUT2D eigenvalue weighted by atomic mass is 10.1. The minimum atomic E-state index is -3.89. The number of para-hydroxylation sites is 1. The lowest BCUT2D eigenvalue weighted by Crippen LogP contribution is -2.18. The van der Waals surface area contributed by atoms with E-state index in [0.29, 0.717) is 10.7 Å². The topological polar surface area (TPSA) is 88.2 Å². The molecule has 0 unspecified atom stereocenters. The Labute approximate surface area is 192 Å². The van der Waals surface area contributed by atoms with Gasteiger partial charge in [-0.2, -0.15) is 0 Å². The molecular weight excluding hydrogens is 474 g/mol. The zero-order valence-electron chi connectivity index (χ0n) is 16.1. The maximum atomic E-state index is 12.9. The first-order valence-corrected chi connectivity index (χ1v) is 12.9. The van der Waals surface area contributed by atoms with E-state index in [-0.39, 0.29) is 16.1 Å². The maximum absolute atomic E-state index is 12.9. The number of thioether (sulfide) groups is 1. The summed E-state index contributed by atoms with van der Waals surface area (Å²) in [6.45, 7) is 0. The molecule has 3 aromatic carbocycles. The zero-order valence-corrected chi connectivity index (χ0v) is 19.3. The van der Waals surface area contributed by atoms with Crippen molar-refractivity contribution in [1.29, 1.82) is 0 Å². The van der Waals surface area contributed by atoms with Crippen LogP contribution in [-0.2, 0) is 10.0 Å². The molecule has 0 aliphatic rings. The van der Waals surface area contributed by atoms with Crippen LogP contribution < -0.4 is 10.0 Å². The first-order chi connectivity index (χ1) is 14.9. The highest BCUT2D eigenvalue weighted by atomic mass is 35.5. The second kappa shape index (κ2) is 8.88. The summed E-state index contributed by atoms with van der Waals surface area (Å²) in [4.78, 5) is 17.5. The molecule has 0 aliphatic carbocycles. The van der Waals surface area contributed by atoms with Gasteiger partial charge < -0.3 is 5.32 Å². The molecule has 0 spiro atoms. The molecule has 4 aromatic rings. The summed E-state index contributed by atoms with van der Waals surface area (Å²) in [6.07, 6.45) is 1.96. The molecule has 10 heteroatoms. The van der Waals surface area contributed by atoms with Gasteiger partial charge in [0.25, 0.3) is 15.9 Å². The second-order valence-electron chi connectivity index (χ2n) is 6.43. The third-order valence-electron chi connectivity index (χ3n) is 4.34. The van der Waals surface area contributed by atoms with Gasteiger partial charge in [0.1, 0.15) is 0 Å². The van der Waals surface area contributed by atoms with Crippen LogP contribution in [0.4, 0.5) is 11.4 Å². The number of sulfonamides is 1. The van der Waals surface area contributed by atoms with Gasteiger partial charge in [0, 0.05) is 10.7 Å². The Morgan fingerprint density at radius 3 is 2.55 bits per heavy atom. The Kier molecular flexibility index (Phi) is 6.19. The number of benzene rings is 3. The van der Waals surface area contributed by atoms with Crippen LogP contribution in [0, 0.1) is 0 Å². The fraction of sp³-hybridized carbons (Fsp3) is 0.0476. The first kappa shape index (κ1) is 21.6. The molecule has 31 heavy (non-hydrogen) atoms. The van der Waals surface area contributed by atoms with Gasteiger partial charge in [-0.05, 0) is 60.9 Å². The summed E-state index contributed by atoms with van der Waals surface area (Å²) in [5, 5.41) is 3.26. The zero-order chi connectivity index (χ0) is 22.0. The van der Waals surface area contributed by atoms with Gasteiger partial charge in [0.05, 0.1) is 26.4 Å². The van der Waals surface area contributed by atoms with Crippen molar-refractivity contribution >= 4 is 72.2 Å². The summed E-state index contributed by atoms with van der Waals surface area (Å²) in [5.41, 5.74) is 1.85. The Morgan fingerprint density at radius 2 is 1.81 bits per heavy atom. The van der Waals surface area contributed by atoms with E-state index >= 15 is 0 Å². The quantitative estimate of drug-likeness (QED) is 0.338. The van der Waals surface area contributed by atoms with E-state index in [0.717, 1.165) is 14.6 Å². The van der Waals surface area contributed by atoms with Crippen molar-refractivity contribution in [2.45, 2.75) is 9.24 Å². The number of carbonyl (C=O) groups is 1.